The highest BCUT2D eigenvalue weighted by molar-refractivity contribution is 5.87. The largest absolute Gasteiger partial charge is 0.461 e. The number of rotatable bonds is 5. The topological polar surface area (TPSA) is 44.1 Å². The Morgan fingerprint density at radius 1 is 1.29 bits per heavy atom. The molecule has 1 heterocycles. The normalized spacial score (nSPS) is 12.4. The fraction of sp³-hybridized carbons (Fsp3) is 0.412. The van der Waals surface area contributed by atoms with Crippen LogP contribution in [0.2, 0.25) is 0 Å². The molecule has 21 heavy (non-hydrogen) atoms. The molecule has 0 aliphatic heterocycles. The predicted molar refractivity (Wildman–Crippen MR) is 82.3 cm³/mol. The number of ether oxygens (including phenoxy) is 1. The quantitative estimate of drug-likeness (QED) is 0.789. The first-order valence-electron chi connectivity index (χ1n) is 7.25. The number of imidazole rings is 1. The van der Waals surface area contributed by atoms with Crippen molar-refractivity contribution < 1.29 is 9.53 Å². The van der Waals surface area contributed by atoms with Crippen molar-refractivity contribution in [3.05, 3.63) is 53.6 Å². The van der Waals surface area contributed by atoms with E-state index in [9.17, 15) is 4.79 Å². The van der Waals surface area contributed by atoms with Crippen LogP contribution in [0, 0.1) is 12.8 Å². The molecule has 0 spiro atoms. The van der Waals surface area contributed by atoms with Crippen LogP contribution in [0.25, 0.3) is 0 Å². The number of esters is 1. The van der Waals surface area contributed by atoms with Crippen LogP contribution in [0.1, 0.15) is 48.4 Å². The highest BCUT2D eigenvalue weighted by Crippen LogP contribution is 2.23. The van der Waals surface area contributed by atoms with Crippen LogP contribution in [0.5, 0.6) is 0 Å². The van der Waals surface area contributed by atoms with Gasteiger partial charge in [0.25, 0.3) is 0 Å². The average molecular weight is 286 g/mol. The van der Waals surface area contributed by atoms with Crippen molar-refractivity contribution in [2.24, 2.45) is 5.92 Å². The Morgan fingerprint density at radius 2 is 2.00 bits per heavy atom. The van der Waals surface area contributed by atoms with Crippen molar-refractivity contribution in [1.82, 2.24) is 9.55 Å². The summed E-state index contributed by atoms with van der Waals surface area (Å²) in [5, 5.41) is 0. The van der Waals surface area contributed by atoms with Crippen molar-refractivity contribution in [2.75, 3.05) is 6.61 Å². The van der Waals surface area contributed by atoms with Gasteiger partial charge in [-0.3, -0.25) is 0 Å². The van der Waals surface area contributed by atoms with Crippen molar-refractivity contribution in [3.8, 4) is 0 Å². The molecule has 2 rings (SSSR count). The zero-order valence-electron chi connectivity index (χ0n) is 13.0. The van der Waals surface area contributed by atoms with E-state index in [1.165, 1.54) is 11.1 Å². The van der Waals surface area contributed by atoms with Gasteiger partial charge in [-0.05, 0) is 30.9 Å². The summed E-state index contributed by atoms with van der Waals surface area (Å²) >= 11 is 0. The summed E-state index contributed by atoms with van der Waals surface area (Å²) in [6, 6.07) is 8.20. The molecule has 2 aromatic rings. The van der Waals surface area contributed by atoms with Crippen molar-refractivity contribution in [3.63, 3.8) is 0 Å². The maximum atomic E-state index is 12.2. The summed E-state index contributed by atoms with van der Waals surface area (Å²) in [5.74, 6) is 0.000692. The van der Waals surface area contributed by atoms with E-state index in [0.717, 1.165) is 0 Å². The molecular formula is C17H22N2O2. The number of nitrogens with zero attached hydrogens (tertiary/aromatic N) is 2. The number of hydrogen-bond donors (Lipinski definition) is 0. The molecule has 0 amide bonds. The van der Waals surface area contributed by atoms with E-state index < -0.39 is 0 Å². The van der Waals surface area contributed by atoms with Crippen LogP contribution in [-0.4, -0.2) is 22.1 Å². The number of benzene rings is 1. The standard InChI is InChI=1S/C17H22N2O2/c1-12(2)10-21-17(20)16-9-18-11-19(16)14(4)15-8-6-5-7-13(15)3/h5-9,11-12,14H,10H2,1-4H3/t14-/m1/s1. The first kappa shape index (κ1) is 15.3. The third-order valence-corrected chi connectivity index (χ3v) is 3.48. The first-order chi connectivity index (χ1) is 10.0. The van der Waals surface area contributed by atoms with Gasteiger partial charge in [-0.2, -0.15) is 0 Å². The molecule has 1 atom stereocenters. The number of aromatic nitrogens is 2. The Kier molecular flexibility index (Phi) is 4.78. The monoisotopic (exact) mass is 286 g/mol. The number of carbonyl (C=O) groups excluding carboxylic acids is 1. The molecule has 4 nitrogen and oxygen atoms in total. The van der Waals surface area contributed by atoms with Crippen LogP contribution >= 0.6 is 0 Å². The first-order valence-corrected chi connectivity index (χ1v) is 7.25. The van der Waals surface area contributed by atoms with E-state index in [1.54, 1.807) is 12.5 Å². The van der Waals surface area contributed by atoms with Gasteiger partial charge in [0.05, 0.1) is 25.2 Å². The molecule has 0 aliphatic carbocycles. The van der Waals surface area contributed by atoms with Crippen LogP contribution in [0.4, 0.5) is 0 Å². The maximum Gasteiger partial charge on any atom is 0.356 e. The lowest BCUT2D eigenvalue weighted by molar-refractivity contribution is 0.0445. The van der Waals surface area contributed by atoms with E-state index in [1.807, 2.05) is 30.5 Å². The molecule has 0 unspecified atom stereocenters. The molecule has 0 saturated carbocycles. The van der Waals surface area contributed by atoms with Crippen molar-refractivity contribution in [2.45, 2.75) is 33.7 Å². The highest BCUT2D eigenvalue weighted by atomic mass is 16.5. The Hall–Kier alpha value is -2.10. The summed E-state index contributed by atoms with van der Waals surface area (Å²) in [7, 11) is 0. The second kappa shape index (κ2) is 6.57. The molecule has 0 radical (unpaired) electrons. The molecule has 1 aromatic heterocycles. The van der Waals surface area contributed by atoms with Gasteiger partial charge in [0.15, 0.2) is 0 Å². The van der Waals surface area contributed by atoms with Gasteiger partial charge in [-0.25, -0.2) is 9.78 Å². The molecule has 0 saturated heterocycles. The lowest BCUT2D eigenvalue weighted by atomic mass is 10.0. The molecule has 0 bridgehead atoms. The van der Waals surface area contributed by atoms with Gasteiger partial charge in [-0.15, -0.1) is 0 Å². The molecule has 0 aliphatic rings. The molecule has 0 fully saturated rings. The Morgan fingerprint density at radius 3 is 2.67 bits per heavy atom. The van der Waals surface area contributed by atoms with Crippen molar-refractivity contribution in [1.29, 1.82) is 0 Å². The summed E-state index contributed by atoms with van der Waals surface area (Å²) in [6.07, 6.45) is 3.25. The number of hydrogen-bond acceptors (Lipinski definition) is 3. The zero-order chi connectivity index (χ0) is 15.4. The van der Waals surface area contributed by atoms with E-state index in [-0.39, 0.29) is 12.0 Å². The summed E-state index contributed by atoms with van der Waals surface area (Å²) in [5.41, 5.74) is 2.86. The zero-order valence-corrected chi connectivity index (χ0v) is 13.0. The van der Waals surface area contributed by atoms with Gasteiger partial charge >= 0.3 is 5.97 Å². The van der Waals surface area contributed by atoms with Gasteiger partial charge in [0.1, 0.15) is 5.69 Å². The SMILES string of the molecule is Cc1ccccc1[C@@H](C)n1cncc1C(=O)OCC(C)C. The van der Waals surface area contributed by atoms with Gasteiger partial charge < -0.3 is 9.30 Å². The molecular weight excluding hydrogens is 264 g/mol. The summed E-state index contributed by atoms with van der Waals surface area (Å²) in [4.78, 5) is 16.3. The highest BCUT2D eigenvalue weighted by Gasteiger charge is 2.19. The minimum atomic E-state index is -0.318. The fourth-order valence-corrected chi connectivity index (χ4v) is 2.29. The Labute approximate surface area is 125 Å². The maximum absolute atomic E-state index is 12.2. The van der Waals surface area contributed by atoms with Crippen LogP contribution in [0.3, 0.4) is 0 Å². The van der Waals surface area contributed by atoms with E-state index >= 15 is 0 Å². The second-order valence-electron chi connectivity index (χ2n) is 5.71. The molecule has 112 valence electrons. The Bertz CT molecular complexity index is 617. The van der Waals surface area contributed by atoms with E-state index in [2.05, 4.69) is 31.0 Å². The van der Waals surface area contributed by atoms with Crippen molar-refractivity contribution >= 4 is 5.97 Å². The van der Waals surface area contributed by atoms with Crippen LogP contribution in [0.15, 0.2) is 36.8 Å². The number of aryl methyl sites for hydroxylation is 1. The van der Waals surface area contributed by atoms with E-state index in [4.69, 9.17) is 4.74 Å². The third-order valence-electron chi connectivity index (χ3n) is 3.48. The van der Waals surface area contributed by atoms with Gasteiger partial charge in [-0.1, -0.05) is 38.1 Å². The molecule has 0 N–H and O–H groups in total. The average Bonchev–Trinajstić information content (AvgIpc) is 2.94. The third kappa shape index (κ3) is 3.51. The van der Waals surface area contributed by atoms with Crippen LogP contribution < -0.4 is 0 Å². The molecule has 4 heteroatoms. The smallest absolute Gasteiger partial charge is 0.356 e. The fourth-order valence-electron chi connectivity index (χ4n) is 2.29. The summed E-state index contributed by atoms with van der Waals surface area (Å²) in [6.45, 7) is 8.58. The van der Waals surface area contributed by atoms with Gasteiger partial charge in [0.2, 0.25) is 0 Å². The summed E-state index contributed by atoms with van der Waals surface area (Å²) < 4.78 is 7.17. The minimum Gasteiger partial charge on any atom is -0.461 e. The minimum absolute atomic E-state index is 0.0373. The van der Waals surface area contributed by atoms with Gasteiger partial charge in [0, 0.05) is 0 Å². The second-order valence-corrected chi connectivity index (χ2v) is 5.71. The lowest BCUT2D eigenvalue weighted by Gasteiger charge is -2.18. The number of carbonyl (C=O) groups is 1. The Balaban J connectivity index is 2.24. The predicted octanol–water partition coefficient (Wildman–Crippen LogP) is 3.61. The molecule has 1 aromatic carbocycles. The van der Waals surface area contributed by atoms with E-state index in [0.29, 0.717) is 18.2 Å². The van der Waals surface area contributed by atoms with Crippen LogP contribution in [-0.2, 0) is 4.74 Å². The lowest BCUT2D eigenvalue weighted by Crippen LogP contribution is -2.17.